The van der Waals surface area contributed by atoms with Gasteiger partial charge in [0.15, 0.2) is 0 Å². The maximum Gasteiger partial charge on any atom is 0.261 e. The third-order valence-corrected chi connectivity index (χ3v) is 3.04. The second kappa shape index (κ2) is 4.74. The molecule has 0 aliphatic carbocycles. The summed E-state index contributed by atoms with van der Waals surface area (Å²) >= 11 is 0. The molecule has 0 bridgehead atoms. The van der Waals surface area contributed by atoms with Gasteiger partial charge in [0.2, 0.25) is 0 Å². The molecule has 5 nitrogen and oxygen atoms in total. The molecule has 0 saturated heterocycles. The number of carbonyl (C=O) groups is 3. The number of benzene rings is 1. The minimum Gasteiger partial charge on any atom is -0.347 e. The summed E-state index contributed by atoms with van der Waals surface area (Å²) in [6.07, 6.45) is 0. The summed E-state index contributed by atoms with van der Waals surface area (Å²) in [7, 11) is 0. The minimum atomic E-state index is -0.356. The molecule has 1 N–H and O–H groups in total. The Balaban J connectivity index is 2.35. The van der Waals surface area contributed by atoms with Gasteiger partial charge in [-0.2, -0.15) is 0 Å². The summed E-state index contributed by atoms with van der Waals surface area (Å²) < 4.78 is 0. The van der Waals surface area contributed by atoms with Gasteiger partial charge in [-0.15, -0.1) is 0 Å². The maximum absolute atomic E-state index is 12.1. The van der Waals surface area contributed by atoms with Gasteiger partial charge < -0.3 is 5.32 Å². The Hall–Kier alpha value is -2.17. The van der Waals surface area contributed by atoms with Gasteiger partial charge in [0.25, 0.3) is 17.7 Å². The number of carbonyl (C=O) groups excluding carboxylic acids is 3. The fourth-order valence-corrected chi connectivity index (χ4v) is 2.13. The van der Waals surface area contributed by atoms with Crippen LogP contribution in [0.15, 0.2) is 18.2 Å². The highest BCUT2D eigenvalue weighted by molar-refractivity contribution is 6.22. The zero-order valence-electron chi connectivity index (χ0n) is 12.1. The van der Waals surface area contributed by atoms with Crippen LogP contribution in [0.2, 0.25) is 0 Å². The molecule has 1 aliphatic heterocycles. The van der Waals surface area contributed by atoms with Crippen LogP contribution in [0.25, 0.3) is 0 Å². The molecule has 106 valence electrons. The lowest BCUT2D eigenvalue weighted by atomic mass is 10.0. The van der Waals surface area contributed by atoms with Gasteiger partial charge in [-0.3, -0.25) is 19.3 Å². The van der Waals surface area contributed by atoms with Crippen molar-refractivity contribution in [2.45, 2.75) is 33.2 Å². The molecule has 0 spiro atoms. The fraction of sp³-hybridized carbons (Fsp3) is 0.400. The van der Waals surface area contributed by atoms with Crippen molar-refractivity contribution in [3.8, 4) is 0 Å². The largest absolute Gasteiger partial charge is 0.347 e. The van der Waals surface area contributed by atoms with Gasteiger partial charge in [0.1, 0.15) is 0 Å². The number of hydrogen-bond acceptors (Lipinski definition) is 3. The second-order valence-corrected chi connectivity index (χ2v) is 5.82. The number of rotatable bonds is 2. The number of nitrogens with one attached hydrogen (secondary N) is 1. The van der Waals surface area contributed by atoms with Crippen LogP contribution in [0.5, 0.6) is 0 Å². The third-order valence-electron chi connectivity index (χ3n) is 3.04. The first-order chi connectivity index (χ1) is 9.24. The summed E-state index contributed by atoms with van der Waals surface area (Å²) in [5.74, 6) is -0.885. The number of nitrogens with zero attached hydrogens (tertiary/aromatic N) is 1. The zero-order valence-corrected chi connectivity index (χ0v) is 12.1. The first-order valence-electron chi connectivity index (χ1n) is 6.57. The smallest absolute Gasteiger partial charge is 0.261 e. The fourth-order valence-electron chi connectivity index (χ4n) is 2.13. The molecule has 0 atom stereocenters. The second-order valence-electron chi connectivity index (χ2n) is 5.82. The molecule has 1 aromatic rings. The Kier molecular flexibility index (Phi) is 3.38. The van der Waals surface area contributed by atoms with Crippen molar-refractivity contribution in [3.63, 3.8) is 0 Å². The quantitative estimate of drug-likeness (QED) is 0.837. The molecule has 2 rings (SSSR count). The van der Waals surface area contributed by atoms with Crippen LogP contribution < -0.4 is 5.32 Å². The predicted molar refractivity (Wildman–Crippen MR) is 74.7 cm³/mol. The molecule has 0 radical (unpaired) electrons. The maximum atomic E-state index is 12.1. The van der Waals surface area contributed by atoms with Gasteiger partial charge >= 0.3 is 0 Å². The Morgan fingerprint density at radius 3 is 2.30 bits per heavy atom. The van der Waals surface area contributed by atoms with Crippen molar-refractivity contribution in [1.29, 1.82) is 0 Å². The lowest BCUT2D eigenvalue weighted by Crippen LogP contribution is -2.40. The Bertz CT molecular complexity index is 600. The van der Waals surface area contributed by atoms with E-state index >= 15 is 0 Å². The zero-order chi connectivity index (χ0) is 15.1. The first kappa shape index (κ1) is 14.2. The van der Waals surface area contributed by atoms with Crippen LogP contribution in [0.1, 0.15) is 58.8 Å². The van der Waals surface area contributed by atoms with Crippen LogP contribution in [0.3, 0.4) is 0 Å². The number of amides is 3. The molecule has 0 aromatic heterocycles. The van der Waals surface area contributed by atoms with Crippen molar-refractivity contribution in [1.82, 2.24) is 10.2 Å². The summed E-state index contributed by atoms with van der Waals surface area (Å²) in [5.41, 5.74) is 0.700. The van der Waals surface area contributed by atoms with E-state index < -0.39 is 0 Å². The SMILES string of the molecule is CCN1C(=O)c2ccc(C(=O)NC(C)(C)C)cc2C1=O. The van der Waals surface area contributed by atoms with Crippen molar-refractivity contribution in [2.24, 2.45) is 0 Å². The average molecular weight is 274 g/mol. The standard InChI is InChI=1S/C15H18N2O3/c1-5-17-13(19)10-7-6-9(8-11(10)14(17)20)12(18)16-15(2,3)4/h6-8H,5H2,1-4H3,(H,16,18). The predicted octanol–water partition coefficient (Wildman–Crippen LogP) is 1.83. The van der Waals surface area contributed by atoms with Crippen molar-refractivity contribution >= 4 is 17.7 Å². The molecule has 5 heteroatoms. The Labute approximate surface area is 118 Å². The number of fused-ring (bicyclic) bond motifs is 1. The van der Waals surface area contributed by atoms with Crippen LogP contribution in [0, 0.1) is 0 Å². The summed E-state index contributed by atoms with van der Waals surface area (Å²) in [6, 6.07) is 4.61. The van der Waals surface area contributed by atoms with E-state index in [2.05, 4.69) is 5.32 Å². The first-order valence-corrected chi connectivity index (χ1v) is 6.57. The van der Waals surface area contributed by atoms with Gasteiger partial charge in [0, 0.05) is 17.6 Å². The molecule has 0 fully saturated rings. The van der Waals surface area contributed by atoms with E-state index in [9.17, 15) is 14.4 Å². The molecule has 1 heterocycles. The van der Waals surface area contributed by atoms with Crippen molar-refractivity contribution in [2.75, 3.05) is 6.54 Å². The molecule has 0 unspecified atom stereocenters. The molecule has 1 aliphatic rings. The normalized spacial score (nSPS) is 14.5. The van der Waals surface area contributed by atoms with Gasteiger partial charge in [-0.1, -0.05) is 0 Å². The molecule has 20 heavy (non-hydrogen) atoms. The lowest BCUT2D eigenvalue weighted by Gasteiger charge is -2.20. The third kappa shape index (κ3) is 2.43. The highest BCUT2D eigenvalue weighted by Gasteiger charge is 2.34. The van der Waals surface area contributed by atoms with Gasteiger partial charge in [0.05, 0.1) is 11.1 Å². The molecule has 1 aromatic carbocycles. The van der Waals surface area contributed by atoms with E-state index in [1.54, 1.807) is 19.1 Å². The van der Waals surface area contributed by atoms with Crippen molar-refractivity contribution < 1.29 is 14.4 Å². The van der Waals surface area contributed by atoms with Crippen molar-refractivity contribution in [3.05, 3.63) is 34.9 Å². The molecular weight excluding hydrogens is 256 g/mol. The summed E-state index contributed by atoms with van der Waals surface area (Å²) in [5, 5.41) is 2.83. The van der Waals surface area contributed by atoms with Gasteiger partial charge in [-0.25, -0.2) is 0 Å². The van der Waals surface area contributed by atoms with E-state index in [1.807, 2.05) is 20.8 Å². The van der Waals surface area contributed by atoms with Crippen LogP contribution in [-0.2, 0) is 0 Å². The molecule has 0 saturated carbocycles. The highest BCUT2D eigenvalue weighted by Crippen LogP contribution is 2.23. The molecular formula is C15H18N2O3. The number of hydrogen-bond donors (Lipinski definition) is 1. The highest BCUT2D eigenvalue weighted by atomic mass is 16.2. The Morgan fingerprint density at radius 1 is 1.15 bits per heavy atom. The minimum absolute atomic E-state index is 0.254. The lowest BCUT2D eigenvalue weighted by molar-refractivity contribution is 0.0662. The van der Waals surface area contributed by atoms with E-state index in [-0.39, 0.29) is 23.3 Å². The summed E-state index contributed by atoms with van der Waals surface area (Å²) in [6.45, 7) is 7.72. The van der Waals surface area contributed by atoms with E-state index in [0.29, 0.717) is 23.2 Å². The molecule has 3 amide bonds. The van der Waals surface area contributed by atoms with Crippen LogP contribution in [-0.4, -0.2) is 34.7 Å². The summed E-state index contributed by atoms with van der Waals surface area (Å²) in [4.78, 5) is 37.3. The monoisotopic (exact) mass is 274 g/mol. The number of imide groups is 1. The van der Waals surface area contributed by atoms with Crippen LogP contribution in [0.4, 0.5) is 0 Å². The van der Waals surface area contributed by atoms with E-state index in [0.717, 1.165) is 0 Å². The van der Waals surface area contributed by atoms with Crippen LogP contribution >= 0.6 is 0 Å². The topological polar surface area (TPSA) is 66.5 Å². The van der Waals surface area contributed by atoms with E-state index in [4.69, 9.17) is 0 Å². The van der Waals surface area contributed by atoms with Gasteiger partial charge in [-0.05, 0) is 45.9 Å². The average Bonchev–Trinajstić information content (AvgIpc) is 2.59. The Morgan fingerprint density at radius 2 is 1.75 bits per heavy atom. The van der Waals surface area contributed by atoms with E-state index in [1.165, 1.54) is 11.0 Å².